The SMILES string of the molecule is COc1cc(C(=O)NCc2ccc(Cl)cc2)nc2ccccc12. The van der Waals surface area contributed by atoms with Crippen LogP contribution in [0.3, 0.4) is 0 Å². The van der Waals surface area contributed by atoms with E-state index in [4.69, 9.17) is 16.3 Å². The number of hydrogen-bond donors (Lipinski definition) is 1. The Bertz CT molecular complexity index is 847. The van der Waals surface area contributed by atoms with Crippen LogP contribution in [0.15, 0.2) is 54.6 Å². The number of fused-ring (bicyclic) bond motifs is 1. The summed E-state index contributed by atoms with van der Waals surface area (Å²) in [6.07, 6.45) is 0. The number of benzene rings is 2. The number of pyridine rings is 1. The van der Waals surface area contributed by atoms with Crippen LogP contribution in [0.5, 0.6) is 5.75 Å². The molecule has 116 valence electrons. The van der Waals surface area contributed by atoms with Crippen LogP contribution in [0.2, 0.25) is 5.02 Å². The molecule has 0 spiro atoms. The Balaban J connectivity index is 1.81. The van der Waals surface area contributed by atoms with Crippen molar-refractivity contribution in [3.8, 4) is 5.75 Å². The summed E-state index contributed by atoms with van der Waals surface area (Å²) in [4.78, 5) is 16.7. The largest absolute Gasteiger partial charge is 0.496 e. The standard InChI is InChI=1S/C18H15ClN2O2/c1-23-17-10-16(21-15-5-3-2-4-14(15)17)18(22)20-11-12-6-8-13(19)9-7-12/h2-10H,11H2,1H3,(H,20,22). The number of ether oxygens (including phenoxy) is 1. The minimum absolute atomic E-state index is 0.246. The molecule has 2 aromatic carbocycles. The number of rotatable bonds is 4. The molecule has 0 unspecified atom stereocenters. The van der Waals surface area contributed by atoms with Crippen LogP contribution in [0.1, 0.15) is 16.1 Å². The maximum absolute atomic E-state index is 12.3. The van der Waals surface area contributed by atoms with Gasteiger partial charge in [-0.15, -0.1) is 0 Å². The molecule has 4 nitrogen and oxygen atoms in total. The van der Waals surface area contributed by atoms with Gasteiger partial charge in [-0.3, -0.25) is 4.79 Å². The normalized spacial score (nSPS) is 10.5. The van der Waals surface area contributed by atoms with Crippen LogP contribution in [0.25, 0.3) is 10.9 Å². The average molecular weight is 327 g/mol. The molecular weight excluding hydrogens is 312 g/mol. The first-order valence-electron chi connectivity index (χ1n) is 7.14. The van der Waals surface area contributed by atoms with Crippen molar-refractivity contribution < 1.29 is 9.53 Å². The molecule has 0 saturated heterocycles. The molecule has 0 radical (unpaired) electrons. The van der Waals surface area contributed by atoms with Gasteiger partial charge in [0, 0.05) is 23.0 Å². The zero-order valence-electron chi connectivity index (χ0n) is 12.5. The number of methoxy groups -OCH3 is 1. The smallest absolute Gasteiger partial charge is 0.270 e. The third-order valence-electron chi connectivity index (χ3n) is 3.50. The van der Waals surface area contributed by atoms with Crippen molar-refractivity contribution in [1.82, 2.24) is 10.3 Å². The minimum atomic E-state index is -0.246. The van der Waals surface area contributed by atoms with Crippen molar-refractivity contribution >= 4 is 28.4 Å². The third-order valence-corrected chi connectivity index (χ3v) is 3.75. The molecule has 5 heteroatoms. The average Bonchev–Trinajstić information content (AvgIpc) is 2.60. The molecule has 0 aliphatic carbocycles. The van der Waals surface area contributed by atoms with E-state index in [1.54, 1.807) is 25.3 Å². The summed E-state index contributed by atoms with van der Waals surface area (Å²) >= 11 is 5.85. The molecule has 3 rings (SSSR count). The summed E-state index contributed by atoms with van der Waals surface area (Å²) < 4.78 is 5.36. The number of amides is 1. The lowest BCUT2D eigenvalue weighted by Crippen LogP contribution is -2.23. The molecule has 0 saturated carbocycles. The second-order valence-electron chi connectivity index (χ2n) is 5.04. The Hall–Kier alpha value is -2.59. The summed E-state index contributed by atoms with van der Waals surface area (Å²) in [5.74, 6) is 0.385. The number of nitrogens with zero attached hydrogens (tertiary/aromatic N) is 1. The topological polar surface area (TPSA) is 51.2 Å². The van der Waals surface area contributed by atoms with Crippen molar-refractivity contribution in [2.24, 2.45) is 0 Å². The van der Waals surface area contributed by atoms with Crippen LogP contribution in [-0.4, -0.2) is 18.0 Å². The fourth-order valence-electron chi connectivity index (χ4n) is 2.30. The third kappa shape index (κ3) is 3.43. The van der Waals surface area contributed by atoms with Gasteiger partial charge in [0.05, 0.1) is 12.6 Å². The van der Waals surface area contributed by atoms with E-state index in [0.29, 0.717) is 23.0 Å². The molecule has 0 atom stereocenters. The minimum Gasteiger partial charge on any atom is -0.496 e. The van der Waals surface area contributed by atoms with Crippen LogP contribution in [-0.2, 0) is 6.54 Å². The van der Waals surface area contributed by atoms with Gasteiger partial charge in [0.25, 0.3) is 5.91 Å². The van der Waals surface area contributed by atoms with Crippen molar-refractivity contribution in [2.45, 2.75) is 6.54 Å². The molecule has 23 heavy (non-hydrogen) atoms. The van der Waals surface area contributed by atoms with Gasteiger partial charge < -0.3 is 10.1 Å². The molecule has 1 N–H and O–H groups in total. The summed E-state index contributed by atoms with van der Waals surface area (Å²) in [6.45, 7) is 0.410. The first-order valence-corrected chi connectivity index (χ1v) is 7.51. The number of nitrogens with one attached hydrogen (secondary N) is 1. The Morgan fingerprint density at radius 2 is 1.91 bits per heavy atom. The Labute approximate surface area is 139 Å². The zero-order valence-corrected chi connectivity index (χ0v) is 13.3. The fourth-order valence-corrected chi connectivity index (χ4v) is 2.43. The van der Waals surface area contributed by atoms with Crippen LogP contribution >= 0.6 is 11.6 Å². The first-order chi connectivity index (χ1) is 11.2. The van der Waals surface area contributed by atoms with Crippen LogP contribution in [0, 0.1) is 0 Å². The lowest BCUT2D eigenvalue weighted by molar-refractivity contribution is 0.0946. The quantitative estimate of drug-likeness (QED) is 0.792. The number of para-hydroxylation sites is 1. The van der Waals surface area contributed by atoms with E-state index < -0.39 is 0 Å². The monoisotopic (exact) mass is 326 g/mol. The van der Waals surface area contributed by atoms with Crippen molar-refractivity contribution in [3.63, 3.8) is 0 Å². The molecule has 1 aromatic heterocycles. The van der Waals surface area contributed by atoms with Gasteiger partial charge in [0.1, 0.15) is 11.4 Å². The van der Waals surface area contributed by atoms with Gasteiger partial charge in [-0.2, -0.15) is 0 Å². The summed E-state index contributed by atoms with van der Waals surface area (Å²) in [5.41, 5.74) is 2.02. The first kappa shape index (κ1) is 15.3. The van der Waals surface area contributed by atoms with E-state index in [-0.39, 0.29) is 5.91 Å². The maximum atomic E-state index is 12.3. The summed E-state index contributed by atoms with van der Waals surface area (Å²) in [6, 6.07) is 16.5. The Morgan fingerprint density at radius 3 is 2.65 bits per heavy atom. The zero-order chi connectivity index (χ0) is 16.2. The van der Waals surface area contributed by atoms with E-state index >= 15 is 0 Å². The number of halogens is 1. The highest BCUT2D eigenvalue weighted by Crippen LogP contribution is 2.24. The molecular formula is C18H15ClN2O2. The van der Waals surface area contributed by atoms with E-state index in [0.717, 1.165) is 16.5 Å². The number of hydrogen-bond acceptors (Lipinski definition) is 3. The second kappa shape index (κ2) is 6.67. The molecule has 0 fully saturated rings. The number of carbonyl (C=O) groups is 1. The number of carbonyl (C=O) groups excluding carboxylic acids is 1. The lowest BCUT2D eigenvalue weighted by atomic mass is 10.1. The van der Waals surface area contributed by atoms with Crippen molar-refractivity contribution in [1.29, 1.82) is 0 Å². The summed E-state index contributed by atoms with van der Waals surface area (Å²) in [7, 11) is 1.58. The van der Waals surface area contributed by atoms with Crippen molar-refractivity contribution in [3.05, 3.63) is 70.9 Å². The highest BCUT2D eigenvalue weighted by Gasteiger charge is 2.12. The van der Waals surface area contributed by atoms with Gasteiger partial charge in [-0.1, -0.05) is 35.9 Å². The summed E-state index contributed by atoms with van der Waals surface area (Å²) in [5, 5.41) is 4.40. The highest BCUT2D eigenvalue weighted by molar-refractivity contribution is 6.30. The van der Waals surface area contributed by atoms with Gasteiger partial charge in [-0.05, 0) is 29.8 Å². The van der Waals surface area contributed by atoms with Gasteiger partial charge in [-0.25, -0.2) is 4.98 Å². The molecule has 0 aliphatic heterocycles. The van der Waals surface area contributed by atoms with Gasteiger partial charge >= 0.3 is 0 Å². The van der Waals surface area contributed by atoms with E-state index in [2.05, 4.69) is 10.3 Å². The van der Waals surface area contributed by atoms with Crippen LogP contribution < -0.4 is 10.1 Å². The second-order valence-corrected chi connectivity index (χ2v) is 5.47. The van der Waals surface area contributed by atoms with Gasteiger partial charge in [0.15, 0.2) is 0 Å². The predicted octanol–water partition coefficient (Wildman–Crippen LogP) is 3.83. The number of aromatic nitrogens is 1. The molecule has 0 bridgehead atoms. The maximum Gasteiger partial charge on any atom is 0.270 e. The Kier molecular flexibility index (Phi) is 4.44. The van der Waals surface area contributed by atoms with Crippen molar-refractivity contribution in [2.75, 3.05) is 7.11 Å². The highest BCUT2D eigenvalue weighted by atomic mass is 35.5. The molecule has 1 heterocycles. The van der Waals surface area contributed by atoms with E-state index in [1.807, 2.05) is 36.4 Å². The van der Waals surface area contributed by atoms with Gasteiger partial charge in [0.2, 0.25) is 0 Å². The predicted molar refractivity (Wildman–Crippen MR) is 90.9 cm³/mol. The fraction of sp³-hybridized carbons (Fsp3) is 0.111. The van der Waals surface area contributed by atoms with E-state index in [1.165, 1.54) is 0 Å². The Morgan fingerprint density at radius 1 is 1.17 bits per heavy atom. The van der Waals surface area contributed by atoms with E-state index in [9.17, 15) is 4.79 Å². The molecule has 1 amide bonds. The molecule has 3 aromatic rings. The van der Waals surface area contributed by atoms with Crippen LogP contribution in [0.4, 0.5) is 0 Å². The molecule has 0 aliphatic rings. The lowest BCUT2D eigenvalue weighted by Gasteiger charge is -2.09.